The Morgan fingerprint density at radius 1 is 1.23 bits per heavy atom. The van der Waals surface area contributed by atoms with Crippen LogP contribution in [0.4, 0.5) is 5.69 Å². The van der Waals surface area contributed by atoms with E-state index in [0.717, 1.165) is 0 Å². The Morgan fingerprint density at radius 2 is 1.91 bits per heavy atom. The standard InChI is InChI=1S/C16H17N3O3/c17-11-12-3-1-2-4-13(12)18-14(20)16(5-6-16)15(21)19-7-9-22-10-8-19/h1-4H,5-10H2,(H,18,20). The van der Waals surface area contributed by atoms with E-state index in [0.29, 0.717) is 50.4 Å². The van der Waals surface area contributed by atoms with Crippen LogP contribution in [0.15, 0.2) is 24.3 Å². The van der Waals surface area contributed by atoms with Crippen LogP contribution in [0.2, 0.25) is 0 Å². The second-order valence-corrected chi connectivity index (χ2v) is 5.60. The summed E-state index contributed by atoms with van der Waals surface area (Å²) in [6, 6.07) is 8.83. The van der Waals surface area contributed by atoms with E-state index in [4.69, 9.17) is 10.00 Å². The molecule has 0 radical (unpaired) electrons. The van der Waals surface area contributed by atoms with Crippen LogP contribution in [-0.2, 0) is 14.3 Å². The van der Waals surface area contributed by atoms with Gasteiger partial charge in [0.25, 0.3) is 0 Å². The quantitative estimate of drug-likeness (QED) is 0.848. The van der Waals surface area contributed by atoms with Gasteiger partial charge in [-0.1, -0.05) is 12.1 Å². The summed E-state index contributed by atoms with van der Waals surface area (Å²) >= 11 is 0. The van der Waals surface area contributed by atoms with Gasteiger partial charge in [0.05, 0.1) is 24.5 Å². The minimum absolute atomic E-state index is 0.122. The van der Waals surface area contributed by atoms with Gasteiger partial charge < -0.3 is 15.0 Å². The first-order chi connectivity index (χ1) is 10.7. The number of anilines is 1. The molecular formula is C16H17N3O3. The number of morpholine rings is 1. The molecule has 1 aliphatic heterocycles. The highest BCUT2D eigenvalue weighted by molar-refractivity contribution is 6.13. The normalized spacial score (nSPS) is 19.1. The average Bonchev–Trinajstić information content (AvgIpc) is 3.37. The number of rotatable bonds is 3. The highest BCUT2D eigenvalue weighted by Crippen LogP contribution is 2.48. The lowest BCUT2D eigenvalue weighted by Crippen LogP contribution is -2.47. The summed E-state index contributed by atoms with van der Waals surface area (Å²) < 4.78 is 5.24. The predicted octanol–water partition coefficient (Wildman–Crippen LogP) is 1.14. The van der Waals surface area contributed by atoms with Gasteiger partial charge in [0.1, 0.15) is 11.5 Å². The molecule has 1 aliphatic carbocycles. The SMILES string of the molecule is N#Cc1ccccc1NC(=O)C1(C(=O)N2CCOCC2)CC1. The number of benzene rings is 1. The van der Waals surface area contributed by atoms with Gasteiger partial charge in [0.15, 0.2) is 0 Å². The Kier molecular flexibility index (Phi) is 3.82. The molecule has 1 aromatic carbocycles. The summed E-state index contributed by atoms with van der Waals surface area (Å²) in [4.78, 5) is 26.9. The topological polar surface area (TPSA) is 82.4 Å². The lowest BCUT2D eigenvalue weighted by Gasteiger charge is -2.30. The van der Waals surface area contributed by atoms with Crippen molar-refractivity contribution >= 4 is 17.5 Å². The smallest absolute Gasteiger partial charge is 0.240 e. The third-order valence-electron chi connectivity index (χ3n) is 4.19. The number of hydrogen-bond donors (Lipinski definition) is 1. The minimum atomic E-state index is -0.958. The summed E-state index contributed by atoms with van der Waals surface area (Å²) in [5.74, 6) is -0.436. The van der Waals surface area contributed by atoms with Gasteiger partial charge in [-0.3, -0.25) is 9.59 Å². The van der Waals surface area contributed by atoms with Crippen LogP contribution < -0.4 is 5.32 Å². The third-order valence-corrected chi connectivity index (χ3v) is 4.19. The van der Waals surface area contributed by atoms with Gasteiger partial charge >= 0.3 is 0 Å². The zero-order chi connectivity index (χ0) is 15.6. The molecule has 1 saturated carbocycles. The van der Waals surface area contributed by atoms with Gasteiger partial charge in [0, 0.05) is 13.1 Å². The molecule has 1 aromatic rings. The summed E-state index contributed by atoms with van der Waals surface area (Å²) in [5.41, 5.74) is -0.110. The zero-order valence-electron chi connectivity index (χ0n) is 12.2. The second-order valence-electron chi connectivity index (χ2n) is 5.60. The van der Waals surface area contributed by atoms with Gasteiger partial charge in [-0.05, 0) is 25.0 Å². The van der Waals surface area contributed by atoms with Crippen molar-refractivity contribution in [3.63, 3.8) is 0 Å². The molecule has 1 N–H and O–H groups in total. The third kappa shape index (κ3) is 2.55. The van der Waals surface area contributed by atoms with E-state index in [1.807, 2.05) is 6.07 Å². The lowest BCUT2D eigenvalue weighted by molar-refractivity contribution is -0.145. The van der Waals surface area contributed by atoms with E-state index in [9.17, 15) is 9.59 Å². The molecule has 0 atom stereocenters. The molecule has 6 heteroatoms. The van der Waals surface area contributed by atoms with Gasteiger partial charge in [-0.15, -0.1) is 0 Å². The van der Waals surface area contributed by atoms with Gasteiger partial charge in [0.2, 0.25) is 11.8 Å². The fraction of sp³-hybridized carbons (Fsp3) is 0.438. The van der Waals surface area contributed by atoms with Gasteiger partial charge in [-0.25, -0.2) is 0 Å². The number of carbonyl (C=O) groups excluding carboxylic acids is 2. The first kappa shape index (κ1) is 14.5. The fourth-order valence-electron chi connectivity index (χ4n) is 2.66. The number of nitriles is 1. The fourth-order valence-corrected chi connectivity index (χ4v) is 2.66. The Balaban J connectivity index is 1.74. The molecule has 114 valence electrons. The van der Waals surface area contributed by atoms with Crippen LogP contribution in [0.1, 0.15) is 18.4 Å². The van der Waals surface area contributed by atoms with E-state index >= 15 is 0 Å². The van der Waals surface area contributed by atoms with Crippen molar-refractivity contribution in [1.82, 2.24) is 4.90 Å². The van der Waals surface area contributed by atoms with E-state index < -0.39 is 5.41 Å². The molecule has 0 unspecified atom stereocenters. The number of para-hydroxylation sites is 1. The maximum atomic E-state index is 12.6. The van der Waals surface area contributed by atoms with Crippen molar-refractivity contribution in [3.05, 3.63) is 29.8 Å². The predicted molar refractivity (Wildman–Crippen MR) is 78.9 cm³/mol. The van der Waals surface area contributed by atoms with Crippen LogP contribution in [0.5, 0.6) is 0 Å². The molecule has 2 amide bonds. The summed E-state index contributed by atoms with van der Waals surface area (Å²) in [5, 5.41) is 11.8. The molecule has 6 nitrogen and oxygen atoms in total. The monoisotopic (exact) mass is 299 g/mol. The van der Waals surface area contributed by atoms with Crippen molar-refractivity contribution < 1.29 is 14.3 Å². The molecule has 3 rings (SSSR count). The van der Waals surface area contributed by atoms with E-state index in [1.54, 1.807) is 29.2 Å². The summed E-state index contributed by atoms with van der Waals surface area (Å²) in [6.07, 6.45) is 1.12. The van der Waals surface area contributed by atoms with Crippen LogP contribution in [0.25, 0.3) is 0 Å². The maximum absolute atomic E-state index is 12.6. The number of nitrogens with one attached hydrogen (secondary N) is 1. The number of amides is 2. The Morgan fingerprint density at radius 3 is 2.55 bits per heavy atom. The molecule has 2 aliphatic rings. The molecule has 1 heterocycles. The van der Waals surface area contributed by atoms with Crippen molar-refractivity contribution in [2.75, 3.05) is 31.6 Å². The Labute approximate surface area is 128 Å². The number of hydrogen-bond acceptors (Lipinski definition) is 4. The molecule has 0 spiro atoms. The number of ether oxygens (including phenoxy) is 1. The largest absolute Gasteiger partial charge is 0.378 e. The molecule has 0 aromatic heterocycles. The Hall–Kier alpha value is -2.39. The second kappa shape index (κ2) is 5.78. The highest BCUT2D eigenvalue weighted by Gasteiger charge is 2.58. The van der Waals surface area contributed by atoms with Gasteiger partial charge in [-0.2, -0.15) is 5.26 Å². The van der Waals surface area contributed by atoms with Crippen molar-refractivity contribution in [2.45, 2.75) is 12.8 Å². The van der Waals surface area contributed by atoms with Crippen LogP contribution >= 0.6 is 0 Å². The first-order valence-corrected chi connectivity index (χ1v) is 7.35. The van der Waals surface area contributed by atoms with E-state index in [-0.39, 0.29) is 11.8 Å². The Bertz CT molecular complexity index is 640. The van der Waals surface area contributed by atoms with Crippen molar-refractivity contribution in [3.8, 4) is 6.07 Å². The van der Waals surface area contributed by atoms with E-state index in [2.05, 4.69) is 5.32 Å². The van der Waals surface area contributed by atoms with Crippen molar-refractivity contribution in [1.29, 1.82) is 5.26 Å². The molecule has 22 heavy (non-hydrogen) atoms. The molecular weight excluding hydrogens is 282 g/mol. The van der Waals surface area contributed by atoms with Crippen LogP contribution in [0, 0.1) is 16.7 Å². The van der Waals surface area contributed by atoms with E-state index in [1.165, 1.54) is 0 Å². The molecule has 1 saturated heterocycles. The molecule has 0 bridgehead atoms. The summed E-state index contributed by atoms with van der Waals surface area (Å²) in [7, 11) is 0. The zero-order valence-corrected chi connectivity index (χ0v) is 12.2. The lowest BCUT2D eigenvalue weighted by atomic mass is 10.0. The van der Waals surface area contributed by atoms with Crippen molar-refractivity contribution in [2.24, 2.45) is 5.41 Å². The average molecular weight is 299 g/mol. The maximum Gasteiger partial charge on any atom is 0.240 e. The minimum Gasteiger partial charge on any atom is -0.378 e. The summed E-state index contributed by atoms with van der Waals surface area (Å²) in [6.45, 7) is 2.09. The number of nitrogens with zero attached hydrogens (tertiary/aromatic N) is 2. The first-order valence-electron chi connectivity index (χ1n) is 7.35. The highest BCUT2D eigenvalue weighted by atomic mass is 16.5. The van der Waals surface area contributed by atoms with Crippen LogP contribution in [0.3, 0.4) is 0 Å². The molecule has 2 fully saturated rings. The van der Waals surface area contributed by atoms with Crippen LogP contribution in [-0.4, -0.2) is 43.0 Å². The number of carbonyl (C=O) groups is 2.